The Balaban J connectivity index is 1.86. The van der Waals surface area contributed by atoms with Crippen molar-refractivity contribution in [3.8, 4) is 0 Å². The number of aromatic nitrogens is 2. The van der Waals surface area contributed by atoms with Gasteiger partial charge in [0, 0.05) is 11.9 Å². The lowest BCUT2D eigenvalue weighted by Crippen LogP contribution is -2.31. The molecule has 4 nitrogen and oxygen atoms in total. The van der Waals surface area contributed by atoms with Crippen LogP contribution in [0.3, 0.4) is 0 Å². The molecule has 2 unspecified atom stereocenters. The summed E-state index contributed by atoms with van der Waals surface area (Å²) in [6, 6.07) is 0. The highest BCUT2D eigenvalue weighted by Crippen LogP contribution is 2.32. The molecule has 0 aromatic carbocycles. The lowest BCUT2D eigenvalue weighted by Gasteiger charge is -2.17. The van der Waals surface area contributed by atoms with Gasteiger partial charge in [0.2, 0.25) is 0 Å². The summed E-state index contributed by atoms with van der Waals surface area (Å²) in [6.45, 7) is 2.59. The molecule has 1 amide bonds. The summed E-state index contributed by atoms with van der Waals surface area (Å²) in [5.74, 6) is 1.29. The predicted molar refractivity (Wildman–Crippen MR) is 71.6 cm³/mol. The largest absolute Gasteiger partial charge is 0.351 e. The van der Waals surface area contributed by atoms with E-state index in [0.29, 0.717) is 16.7 Å². The van der Waals surface area contributed by atoms with Crippen LogP contribution in [0.15, 0.2) is 0 Å². The Kier molecular flexibility index (Phi) is 4.50. The molecule has 6 heteroatoms. The quantitative estimate of drug-likeness (QED) is 0.867. The summed E-state index contributed by atoms with van der Waals surface area (Å²) in [7, 11) is 0. The van der Waals surface area contributed by atoms with Gasteiger partial charge in [-0.25, -0.2) is 0 Å². The topological polar surface area (TPSA) is 54.9 Å². The predicted octanol–water partition coefficient (Wildman–Crippen LogP) is 2.39. The first-order chi connectivity index (χ1) is 8.22. The average molecular weight is 318 g/mol. The third-order valence-electron chi connectivity index (χ3n) is 3.40. The molecule has 0 radical (unpaired) electrons. The zero-order valence-corrected chi connectivity index (χ0v) is 12.2. The molecule has 94 valence electrons. The van der Waals surface area contributed by atoms with Crippen molar-refractivity contribution >= 4 is 33.4 Å². The fourth-order valence-corrected chi connectivity index (χ4v) is 3.75. The normalized spacial score (nSPS) is 23.9. The van der Waals surface area contributed by atoms with Crippen LogP contribution in [0.25, 0.3) is 0 Å². The zero-order chi connectivity index (χ0) is 12.3. The highest BCUT2D eigenvalue weighted by Gasteiger charge is 2.26. The number of rotatable bonds is 4. The van der Waals surface area contributed by atoms with E-state index in [4.69, 9.17) is 0 Å². The van der Waals surface area contributed by atoms with E-state index < -0.39 is 0 Å². The van der Waals surface area contributed by atoms with E-state index in [1.165, 1.54) is 19.3 Å². The fraction of sp³-hybridized carbons (Fsp3) is 0.727. The molecule has 1 aliphatic rings. The first kappa shape index (κ1) is 13.0. The van der Waals surface area contributed by atoms with Gasteiger partial charge in [0.25, 0.3) is 5.91 Å². The molecule has 0 aliphatic heterocycles. The maximum atomic E-state index is 11.9. The van der Waals surface area contributed by atoms with E-state index in [1.54, 1.807) is 0 Å². The maximum Gasteiger partial charge on any atom is 0.264 e. The van der Waals surface area contributed by atoms with Gasteiger partial charge in [-0.05, 0) is 43.1 Å². The molecule has 0 spiro atoms. The molecule has 1 fully saturated rings. The second kappa shape index (κ2) is 5.91. The standard InChI is InChI=1S/C11H16BrN3OS/c1-7-10(17-15-14-7)11(16)13-6-9-4-2-3-8(9)5-12/h8-9H,2-6H2,1H3,(H,13,16). The number of amides is 1. The molecular weight excluding hydrogens is 302 g/mol. The van der Waals surface area contributed by atoms with Crippen molar-refractivity contribution in [2.75, 3.05) is 11.9 Å². The summed E-state index contributed by atoms with van der Waals surface area (Å²) < 4.78 is 3.78. The van der Waals surface area contributed by atoms with Crippen molar-refractivity contribution in [1.29, 1.82) is 0 Å². The molecule has 0 saturated heterocycles. The van der Waals surface area contributed by atoms with Gasteiger partial charge < -0.3 is 5.32 Å². The van der Waals surface area contributed by atoms with Crippen molar-refractivity contribution < 1.29 is 4.79 Å². The minimum Gasteiger partial charge on any atom is -0.351 e. The van der Waals surface area contributed by atoms with E-state index >= 15 is 0 Å². The summed E-state index contributed by atoms with van der Waals surface area (Å²) in [5.41, 5.74) is 0.718. The van der Waals surface area contributed by atoms with Crippen molar-refractivity contribution in [2.24, 2.45) is 11.8 Å². The zero-order valence-electron chi connectivity index (χ0n) is 9.78. The van der Waals surface area contributed by atoms with E-state index in [-0.39, 0.29) is 5.91 Å². The van der Waals surface area contributed by atoms with Gasteiger partial charge in [-0.2, -0.15) is 0 Å². The smallest absolute Gasteiger partial charge is 0.264 e. The van der Waals surface area contributed by atoms with Gasteiger partial charge in [0.15, 0.2) is 0 Å². The number of halogens is 1. The van der Waals surface area contributed by atoms with E-state index in [2.05, 4.69) is 30.8 Å². The SMILES string of the molecule is Cc1nnsc1C(=O)NCC1CCCC1CBr. The maximum absolute atomic E-state index is 11.9. The highest BCUT2D eigenvalue weighted by molar-refractivity contribution is 9.09. The van der Waals surface area contributed by atoms with Gasteiger partial charge in [-0.1, -0.05) is 26.8 Å². The molecule has 0 bridgehead atoms. The number of carbonyl (C=O) groups excluding carboxylic acids is 1. The Hall–Kier alpha value is -0.490. The first-order valence-corrected chi connectivity index (χ1v) is 7.75. The minimum absolute atomic E-state index is 0.0299. The summed E-state index contributed by atoms with van der Waals surface area (Å²) in [4.78, 5) is 12.5. The molecular formula is C11H16BrN3OS. The molecule has 17 heavy (non-hydrogen) atoms. The number of hydrogen-bond acceptors (Lipinski definition) is 4. The number of carbonyl (C=O) groups is 1. The number of alkyl halides is 1. The Bertz CT molecular complexity index is 396. The van der Waals surface area contributed by atoms with Crippen molar-refractivity contribution in [3.63, 3.8) is 0 Å². The Morgan fingerprint density at radius 1 is 1.53 bits per heavy atom. The van der Waals surface area contributed by atoms with Crippen molar-refractivity contribution in [1.82, 2.24) is 14.9 Å². The molecule has 1 heterocycles. The Labute approximate surface area is 113 Å². The lowest BCUT2D eigenvalue weighted by atomic mass is 9.98. The van der Waals surface area contributed by atoms with E-state index in [9.17, 15) is 4.79 Å². The van der Waals surface area contributed by atoms with Gasteiger partial charge >= 0.3 is 0 Å². The lowest BCUT2D eigenvalue weighted by molar-refractivity contribution is 0.0948. The second-order valence-electron chi connectivity index (χ2n) is 4.50. The van der Waals surface area contributed by atoms with Crippen LogP contribution in [0.4, 0.5) is 0 Å². The summed E-state index contributed by atoms with van der Waals surface area (Å²) in [6.07, 6.45) is 3.77. The van der Waals surface area contributed by atoms with Gasteiger partial charge in [-0.3, -0.25) is 4.79 Å². The van der Waals surface area contributed by atoms with Gasteiger partial charge in [0.1, 0.15) is 4.88 Å². The van der Waals surface area contributed by atoms with Crippen LogP contribution in [-0.2, 0) is 0 Å². The van der Waals surface area contributed by atoms with Crippen LogP contribution < -0.4 is 5.32 Å². The molecule has 1 aromatic rings. The number of nitrogens with one attached hydrogen (secondary N) is 1. The molecule has 1 N–H and O–H groups in total. The van der Waals surface area contributed by atoms with Crippen LogP contribution in [0, 0.1) is 18.8 Å². The highest BCUT2D eigenvalue weighted by atomic mass is 79.9. The van der Waals surface area contributed by atoms with Crippen LogP contribution >= 0.6 is 27.5 Å². The van der Waals surface area contributed by atoms with Gasteiger partial charge in [-0.15, -0.1) is 5.10 Å². The first-order valence-electron chi connectivity index (χ1n) is 5.85. The Morgan fingerprint density at radius 3 is 2.94 bits per heavy atom. The molecule has 1 aromatic heterocycles. The summed E-state index contributed by atoms with van der Waals surface area (Å²) >= 11 is 4.71. The van der Waals surface area contributed by atoms with Crippen LogP contribution in [-0.4, -0.2) is 27.4 Å². The Morgan fingerprint density at radius 2 is 2.29 bits per heavy atom. The van der Waals surface area contributed by atoms with Crippen LogP contribution in [0.2, 0.25) is 0 Å². The fourth-order valence-electron chi connectivity index (χ4n) is 2.33. The third kappa shape index (κ3) is 3.04. The number of nitrogens with zero attached hydrogens (tertiary/aromatic N) is 2. The molecule has 2 atom stereocenters. The van der Waals surface area contributed by atoms with E-state index in [1.807, 2.05) is 6.92 Å². The number of aryl methyl sites for hydroxylation is 1. The van der Waals surface area contributed by atoms with Crippen LogP contribution in [0.1, 0.15) is 34.6 Å². The second-order valence-corrected chi connectivity index (χ2v) is 5.90. The molecule has 1 aliphatic carbocycles. The molecule has 2 rings (SSSR count). The average Bonchev–Trinajstić information content (AvgIpc) is 2.94. The van der Waals surface area contributed by atoms with Crippen molar-refractivity contribution in [3.05, 3.63) is 10.6 Å². The van der Waals surface area contributed by atoms with Gasteiger partial charge in [0.05, 0.1) is 5.69 Å². The summed E-state index contributed by atoms with van der Waals surface area (Å²) in [5, 5.41) is 7.89. The number of hydrogen-bond donors (Lipinski definition) is 1. The van der Waals surface area contributed by atoms with Crippen LogP contribution in [0.5, 0.6) is 0 Å². The minimum atomic E-state index is -0.0299. The third-order valence-corrected chi connectivity index (χ3v) is 5.06. The molecule has 1 saturated carbocycles. The van der Waals surface area contributed by atoms with Crippen molar-refractivity contribution in [2.45, 2.75) is 26.2 Å². The monoisotopic (exact) mass is 317 g/mol. The van der Waals surface area contributed by atoms with E-state index in [0.717, 1.165) is 29.1 Å².